The second-order valence-corrected chi connectivity index (χ2v) is 24.0. The third kappa shape index (κ3) is 7.26. The Hall–Kier alpha value is -0.576. The Morgan fingerprint density at radius 2 is 1.74 bits per heavy atom. The minimum atomic E-state index is -1.80. The first-order chi connectivity index (χ1) is 16.1. The second-order valence-electron chi connectivity index (χ2n) is 12.8. The summed E-state index contributed by atoms with van der Waals surface area (Å²) in [6, 6.07) is 4.89. The first kappa shape index (κ1) is 29.0. The molecule has 198 valence electrons. The summed E-state index contributed by atoms with van der Waals surface area (Å²) in [6.07, 6.45) is 2.47. The Balaban J connectivity index is 1.61. The average molecular weight is 561 g/mol. The topological polar surface area (TPSA) is 48.0 Å². The normalized spacial score (nSPS) is 23.5. The highest BCUT2D eigenvalue weighted by atomic mass is 35.5. The molecule has 2 aliphatic rings. The monoisotopic (exact) mass is 559 g/mol. The van der Waals surface area contributed by atoms with Crippen molar-refractivity contribution in [1.82, 2.24) is 4.90 Å². The van der Waals surface area contributed by atoms with Crippen molar-refractivity contribution in [2.45, 2.75) is 102 Å². The Morgan fingerprint density at radius 1 is 1.09 bits per heavy atom. The number of hydrogen-bond donors (Lipinski definition) is 0. The molecule has 35 heavy (non-hydrogen) atoms. The van der Waals surface area contributed by atoms with Crippen LogP contribution in [0.15, 0.2) is 12.1 Å². The Kier molecular flexibility index (Phi) is 9.14. The van der Waals surface area contributed by atoms with Gasteiger partial charge in [-0.3, -0.25) is 4.79 Å². The van der Waals surface area contributed by atoms with E-state index >= 15 is 0 Å². The van der Waals surface area contributed by atoms with Crippen molar-refractivity contribution < 1.29 is 18.7 Å². The molecule has 1 aliphatic heterocycles. The first-order valence-electron chi connectivity index (χ1n) is 12.7. The van der Waals surface area contributed by atoms with Gasteiger partial charge in [0.15, 0.2) is 15.1 Å². The molecule has 5 nitrogen and oxygen atoms in total. The van der Waals surface area contributed by atoms with Gasteiger partial charge in [0.2, 0.25) is 5.91 Å². The predicted molar refractivity (Wildman–Crippen MR) is 150 cm³/mol. The highest BCUT2D eigenvalue weighted by Gasteiger charge is 2.46. The highest BCUT2D eigenvalue weighted by Crippen LogP contribution is 2.45. The zero-order valence-corrected chi connectivity index (χ0v) is 26.2. The van der Waals surface area contributed by atoms with Crippen LogP contribution in [0.25, 0.3) is 0 Å². The number of ether oxygens (including phenoxy) is 2. The first-order valence-corrected chi connectivity index (χ1v) is 20.1. The molecule has 3 rings (SSSR count). The minimum Gasteiger partial charge on any atom is -0.467 e. The average Bonchev–Trinajstić information content (AvgIpc) is 3.05. The van der Waals surface area contributed by atoms with Gasteiger partial charge in [-0.15, -0.1) is 0 Å². The fourth-order valence-corrected chi connectivity index (χ4v) is 6.97. The zero-order chi connectivity index (χ0) is 26.2. The summed E-state index contributed by atoms with van der Waals surface area (Å²) in [7, 11) is -2.96. The maximum absolute atomic E-state index is 13.0. The van der Waals surface area contributed by atoms with Gasteiger partial charge in [0.1, 0.15) is 5.75 Å². The van der Waals surface area contributed by atoms with E-state index in [1.54, 1.807) is 6.07 Å². The molecule has 1 atom stereocenters. The summed E-state index contributed by atoms with van der Waals surface area (Å²) in [5, 5.41) is 1.13. The number of benzene rings is 1. The molecule has 0 bridgehead atoms. The molecule has 2 fully saturated rings. The van der Waals surface area contributed by atoms with E-state index < -0.39 is 16.4 Å². The van der Waals surface area contributed by atoms with Crippen molar-refractivity contribution >= 4 is 45.5 Å². The van der Waals surface area contributed by atoms with Gasteiger partial charge in [0.05, 0.1) is 10.0 Å². The van der Waals surface area contributed by atoms with Crippen LogP contribution in [-0.2, 0) is 14.0 Å². The summed E-state index contributed by atoms with van der Waals surface area (Å²) >= 11 is 13.0. The molecular formula is C26H43Cl2NO4Si2. The number of hydrogen-bond acceptors (Lipinski definition) is 4. The van der Waals surface area contributed by atoms with Crippen molar-refractivity contribution in [3.8, 4) is 5.75 Å². The van der Waals surface area contributed by atoms with Crippen LogP contribution >= 0.6 is 23.2 Å². The van der Waals surface area contributed by atoms with Crippen LogP contribution in [-0.4, -0.2) is 59.3 Å². The van der Waals surface area contributed by atoms with Gasteiger partial charge in [-0.05, 0) is 49.2 Å². The molecule has 0 aromatic heterocycles. The van der Waals surface area contributed by atoms with E-state index in [1.807, 2.05) is 11.0 Å². The molecule has 1 aromatic carbocycles. The third-order valence-corrected chi connectivity index (χ3v) is 14.8. The Labute approximate surface area is 223 Å². The number of halogens is 2. The summed E-state index contributed by atoms with van der Waals surface area (Å²) in [5.74, 6) is 0.769. The summed E-state index contributed by atoms with van der Waals surface area (Å²) < 4.78 is 18.3. The van der Waals surface area contributed by atoms with E-state index in [0.717, 1.165) is 24.4 Å². The van der Waals surface area contributed by atoms with E-state index in [1.165, 1.54) is 0 Å². The van der Waals surface area contributed by atoms with Crippen LogP contribution in [0.4, 0.5) is 0 Å². The van der Waals surface area contributed by atoms with Crippen LogP contribution in [0.5, 0.6) is 5.75 Å². The van der Waals surface area contributed by atoms with Crippen LogP contribution in [0.1, 0.15) is 51.5 Å². The van der Waals surface area contributed by atoms with E-state index in [4.69, 9.17) is 37.1 Å². The standard InChI is InChI=1S/C26H43Cl2NO4Si2/c1-26(2,3)35(7,8)33-20-14-19(15-20)29-16-18(13-23(29)30)24-22(10-9-21(27)25(24)28)32-17-31-11-12-34(4,5)6/h9-10,18-20H,11-17H2,1-8H3/t18-,19?,20?/m0/s1. The van der Waals surface area contributed by atoms with Gasteiger partial charge in [-0.25, -0.2) is 0 Å². The van der Waals surface area contributed by atoms with Crippen molar-refractivity contribution in [3.63, 3.8) is 0 Å². The lowest BCUT2D eigenvalue weighted by Crippen LogP contribution is -2.53. The van der Waals surface area contributed by atoms with Gasteiger partial charge in [0.25, 0.3) is 0 Å². The lowest BCUT2D eigenvalue weighted by atomic mass is 9.88. The van der Waals surface area contributed by atoms with Crippen LogP contribution < -0.4 is 4.74 Å². The maximum atomic E-state index is 13.0. The Bertz CT molecular complexity index is 908. The minimum absolute atomic E-state index is 0.0500. The molecule has 0 spiro atoms. The fraction of sp³-hybridized carbons (Fsp3) is 0.731. The molecule has 0 N–H and O–H groups in total. The molecule has 1 saturated carbocycles. The number of amides is 1. The molecule has 1 heterocycles. The van der Waals surface area contributed by atoms with Gasteiger partial charge >= 0.3 is 0 Å². The van der Waals surface area contributed by atoms with Crippen molar-refractivity contribution in [2.24, 2.45) is 0 Å². The van der Waals surface area contributed by atoms with E-state index in [0.29, 0.717) is 35.4 Å². The SMILES string of the molecule is CC(C)(C)[Si](C)(C)OC1CC(N2C[C@@H](c3c(OCOCC[Si](C)(C)C)ccc(Cl)c3Cl)CC2=O)C1. The number of carbonyl (C=O) groups is 1. The van der Waals surface area contributed by atoms with Crippen LogP contribution in [0, 0.1) is 0 Å². The van der Waals surface area contributed by atoms with Crippen molar-refractivity contribution in [1.29, 1.82) is 0 Å². The Morgan fingerprint density at radius 3 is 2.34 bits per heavy atom. The summed E-state index contributed by atoms with van der Waals surface area (Å²) in [5.41, 5.74) is 0.817. The largest absolute Gasteiger partial charge is 0.467 e. The van der Waals surface area contributed by atoms with Gasteiger partial charge in [-0.1, -0.05) is 63.6 Å². The fourth-order valence-electron chi connectivity index (χ4n) is 4.36. The number of rotatable bonds is 10. The molecular weight excluding hydrogens is 517 g/mol. The van der Waals surface area contributed by atoms with E-state index in [9.17, 15) is 4.79 Å². The lowest BCUT2D eigenvalue weighted by molar-refractivity contribution is -0.133. The van der Waals surface area contributed by atoms with Crippen LogP contribution in [0.3, 0.4) is 0 Å². The second kappa shape index (κ2) is 11.0. The quantitative estimate of drug-likeness (QED) is 0.168. The molecule has 1 saturated heterocycles. The lowest BCUT2D eigenvalue weighted by Gasteiger charge is -2.47. The maximum Gasteiger partial charge on any atom is 0.223 e. The summed E-state index contributed by atoms with van der Waals surface area (Å²) in [6.45, 7) is 19.8. The van der Waals surface area contributed by atoms with Crippen molar-refractivity contribution in [3.05, 3.63) is 27.7 Å². The zero-order valence-electron chi connectivity index (χ0n) is 22.7. The van der Waals surface area contributed by atoms with Gasteiger partial charge in [-0.2, -0.15) is 0 Å². The third-order valence-electron chi connectivity index (χ3n) is 7.73. The summed E-state index contributed by atoms with van der Waals surface area (Å²) in [4.78, 5) is 15.0. The number of nitrogens with zero attached hydrogens (tertiary/aromatic N) is 1. The molecule has 1 aromatic rings. The van der Waals surface area contributed by atoms with Gasteiger partial charge in [0, 0.05) is 51.3 Å². The van der Waals surface area contributed by atoms with E-state index in [2.05, 4.69) is 53.5 Å². The highest BCUT2D eigenvalue weighted by molar-refractivity contribution is 6.76. The molecule has 1 aliphatic carbocycles. The van der Waals surface area contributed by atoms with Crippen LogP contribution in [0.2, 0.25) is 53.9 Å². The van der Waals surface area contributed by atoms with E-state index in [-0.39, 0.29) is 35.8 Å². The molecule has 1 amide bonds. The molecule has 0 unspecified atom stereocenters. The predicted octanol–water partition coefficient (Wildman–Crippen LogP) is 7.55. The number of carbonyl (C=O) groups excluding carboxylic acids is 1. The smallest absolute Gasteiger partial charge is 0.223 e. The molecule has 0 radical (unpaired) electrons. The molecule has 9 heteroatoms. The number of likely N-dealkylation sites (tertiary alicyclic amines) is 1. The van der Waals surface area contributed by atoms with Gasteiger partial charge < -0.3 is 18.8 Å². The van der Waals surface area contributed by atoms with Crippen molar-refractivity contribution in [2.75, 3.05) is 19.9 Å².